The van der Waals surface area contributed by atoms with E-state index in [1.807, 2.05) is 6.07 Å². The van der Waals surface area contributed by atoms with Crippen LogP contribution in [0.3, 0.4) is 0 Å². The number of nitrogens with one attached hydrogen (secondary N) is 1. The second kappa shape index (κ2) is 4.58. The maximum absolute atomic E-state index is 13.7. The van der Waals surface area contributed by atoms with Gasteiger partial charge in [0.15, 0.2) is 0 Å². The molecule has 1 heterocycles. The predicted octanol–water partition coefficient (Wildman–Crippen LogP) is 2.92. The largest absolute Gasteiger partial charge is 0.368 e. The number of hydrogen-bond acceptors (Lipinski definition) is 2. The second-order valence-electron chi connectivity index (χ2n) is 4.97. The van der Waals surface area contributed by atoms with E-state index in [-0.39, 0.29) is 5.82 Å². The number of hydrogen-bond donors (Lipinski definition) is 1. The van der Waals surface area contributed by atoms with E-state index in [4.69, 9.17) is 0 Å². The molecule has 1 aliphatic heterocycles. The minimum Gasteiger partial charge on any atom is -0.368 e. The van der Waals surface area contributed by atoms with E-state index in [0.717, 1.165) is 35.7 Å². The molecule has 1 saturated carbocycles. The van der Waals surface area contributed by atoms with Gasteiger partial charge < -0.3 is 10.2 Å². The molecule has 1 aromatic carbocycles. The third kappa shape index (κ3) is 2.63. The highest BCUT2D eigenvalue weighted by Gasteiger charge is 2.30. The van der Waals surface area contributed by atoms with Crippen molar-refractivity contribution in [1.29, 1.82) is 0 Å². The second-order valence-corrected chi connectivity index (χ2v) is 5.88. The van der Waals surface area contributed by atoms with Crippen molar-refractivity contribution < 1.29 is 4.39 Å². The van der Waals surface area contributed by atoms with Crippen molar-refractivity contribution >= 4 is 21.6 Å². The third-order valence-corrected chi connectivity index (χ3v) is 3.98. The summed E-state index contributed by atoms with van der Waals surface area (Å²) in [4.78, 5) is 2.14. The molecule has 17 heavy (non-hydrogen) atoms. The molecular weight excluding hydrogens is 283 g/mol. The zero-order chi connectivity index (χ0) is 11.8. The van der Waals surface area contributed by atoms with E-state index in [9.17, 15) is 4.39 Å². The molecule has 2 aliphatic rings. The fourth-order valence-corrected chi connectivity index (χ4v) is 2.78. The summed E-state index contributed by atoms with van der Waals surface area (Å²) in [5.41, 5.74) is 0.722. The molecule has 1 aromatic rings. The third-order valence-electron chi connectivity index (χ3n) is 3.49. The average Bonchev–Trinajstić information content (AvgIpc) is 2.99. The summed E-state index contributed by atoms with van der Waals surface area (Å²) in [6.07, 6.45) is 3.73. The summed E-state index contributed by atoms with van der Waals surface area (Å²) >= 11 is 3.40. The van der Waals surface area contributed by atoms with Gasteiger partial charge in [-0.25, -0.2) is 4.39 Å². The summed E-state index contributed by atoms with van der Waals surface area (Å²) in [5.74, 6) is -0.125. The molecule has 1 N–H and O–H groups in total. The Morgan fingerprint density at radius 3 is 2.82 bits per heavy atom. The van der Waals surface area contributed by atoms with Crippen molar-refractivity contribution in [2.75, 3.05) is 18.0 Å². The molecule has 0 bridgehead atoms. The average molecular weight is 299 g/mol. The molecule has 1 atom stereocenters. The Morgan fingerprint density at radius 2 is 2.06 bits per heavy atom. The lowest BCUT2D eigenvalue weighted by atomic mass is 10.2. The van der Waals surface area contributed by atoms with Crippen LogP contribution in [0.2, 0.25) is 0 Å². The molecule has 0 aromatic heterocycles. The van der Waals surface area contributed by atoms with E-state index in [0.29, 0.717) is 6.04 Å². The van der Waals surface area contributed by atoms with Crippen LogP contribution >= 0.6 is 15.9 Å². The predicted molar refractivity (Wildman–Crippen MR) is 70.9 cm³/mol. The molecule has 2 fully saturated rings. The maximum atomic E-state index is 13.7. The SMILES string of the molecule is Fc1ccc(Br)cc1N1CCC(NC2CC2)C1. The van der Waals surface area contributed by atoms with Crippen molar-refractivity contribution in [3.63, 3.8) is 0 Å². The first-order chi connectivity index (χ1) is 8.22. The number of nitrogens with zero attached hydrogens (tertiary/aromatic N) is 1. The molecule has 1 unspecified atom stereocenters. The van der Waals surface area contributed by atoms with Gasteiger partial charge >= 0.3 is 0 Å². The highest BCUT2D eigenvalue weighted by atomic mass is 79.9. The zero-order valence-electron chi connectivity index (χ0n) is 9.63. The van der Waals surface area contributed by atoms with Gasteiger partial charge in [-0.2, -0.15) is 0 Å². The molecule has 3 rings (SSSR count). The van der Waals surface area contributed by atoms with Crippen LogP contribution in [0, 0.1) is 5.82 Å². The van der Waals surface area contributed by atoms with Gasteiger partial charge in [0.25, 0.3) is 0 Å². The molecule has 1 aliphatic carbocycles. The molecule has 0 spiro atoms. The Bertz CT molecular complexity index is 420. The smallest absolute Gasteiger partial charge is 0.146 e. The molecule has 2 nitrogen and oxygen atoms in total. The first-order valence-electron chi connectivity index (χ1n) is 6.18. The van der Waals surface area contributed by atoms with Crippen LogP contribution in [-0.4, -0.2) is 25.2 Å². The van der Waals surface area contributed by atoms with Crippen molar-refractivity contribution in [3.8, 4) is 0 Å². The van der Waals surface area contributed by atoms with Crippen molar-refractivity contribution in [3.05, 3.63) is 28.5 Å². The Morgan fingerprint density at radius 1 is 1.24 bits per heavy atom. The van der Waals surface area contributed by atoms with Gasteiger partial charge in [0.2, 0.25) is 0 Å². The Labute approximate surface area is 109 Å². The van der Waals surface area contributed by atoms with Gasteiger partial charge in [0.1, 0.15) is 5.82 Å². The number of benzene rings is 1. The lowest BCUT2D eigenvalue weighted by Gasteiger charge is -2.20. The first kappa shape index (κ1) is 11.5. The van der Waals surface area contributed by atoms with E-state index in [1.54, 1.807) is 6.07 Å². The van der Waals surface area contributed by atoms with Crippen LogP contribution in [0.15, 0.2) is 22.7 Å². The van der Waals surface area contributed by atoms with E-state index < -0.39 is 0 Å². The van der Waals surface area contributed by atoms with Crippen molar-refractivity contribution in [1.82, 2.24) is 5.32 Å². The molecule has 4 heteroatoms. The first-order valence-corrected chi connectivity index (χ1v) is 6.98. The minimum atomic E-state index is -0.125. The monoisotopic (exact) mass is 298 g/mol. The van der Waals surface area contributed by atoms with Gasteiger partial charge in [-0.3, -0.25) is 0 Å². The highest BCUT2D eigenvalue weighted by Crippen LogP contribution is 2.28. The highest BCUT2D eigenvalue weighted by molar-refractivity contribution is 9.10. The van der Waals surface area contributed by atoms with E-state index >= 15 is 0 Å². The summed E-state index contributed by atoms with van der Waals surface area (Å²) < 4.78 is 14.7. The summed E-state index contributed by atoms with van der Waals surface area (Å²) in [6, 6.07) is 6.40. The van der Waals surface area contributed by atoms with E-state index in [2.05, 4.69) is 26.1 Å². The summed E-state index contributed by atoms with van der Waals surface area (Å²) in [6.45, 7) is 1.86. The van der Waals surface area contributed by atoms with Crippen LogP contribution in [0.25, 0.3) is 0 Å². The van der Waals surface area contributed by atoms with Gasteiger partial charge in [-0.1, -0.05) is 15.9 Å². The Kier molecular flexibility index (Phi) is 3.09. The fourth-order valence-electron chi connectivity index (χ4n) is 2.43. The van der Waals surface area contributed by atoms with Crippen LogP contribution in [-0.2, 0) is 0 Å². The molecule has 92 valence electrons. The van der Waals surface area contributed by atoms with E-state index in [1.165, 1.54) is 18.9 Å². The summed E-state index contributed by atoms with van der Waals surface area (Å²) in [7, 11) is 0. The quantitative estimate of drug-likeness (QED) is 0.923. The number of halogens is 2. The fraction of sp³-hybridized carbons (Fsp3) is 0.538. The standard InChI is InChI=1S/C13H16BrFN2/c14-9-1-4-12(15)13(7-9)17-6-5-11(8-17)16-10-2-3-10/h1,4,7,10-11,16H,2-3,5-6,8H2. The van der Waals surface area contributed by atoms with Gasteiger partial charge in [-0.15, -0.1) is 0 Å². The van der Waals surface area contributed by atoms with Crippen LogP contribution < -0.4 is 10.2 Å². The van der Waals surface area contributed by atoms with Crippen LogP contribution in [0.5, 0.6) is 0 Å². The summed E-state index contributed by atoms with van der Waals surface area (Å²) in [5, 5.41) is 3.61. The lowest BCUT2D eigenvalue weighted by Crippen LogP contribution is -2.34. The zero-order valence-corrected chi connectivity index (χ0v) is 11.2. The molecule has 1 saturated heterocycles. The topological polar surface area (TPSA) is 15.3 Å². The van der Waals surface area contributed by atoms with Crippen molar-refractivity contribution in [2.45, 2.75) is 31.3 Å². The van der Waals surface area contributed by atoms with Crippen LogP contribution in [0.4, 0.5) is 10.1 Å². The van der Waals surface area contributed by atoms with Gasteiger partial charge in [0, 0.05) is 29.6 Å². The van der Waals surface area contributed by atoms with Gasteiger partial charge in [0.05, 0.1) is 5.69 Å². The number of rotatable bonds is 3. The number of anilines is 1. The Balaban J connectivity index is 1.69. The maximum Gasteiger partial charge on any atom is 0.146 e. The molecular formula is C13H16BrFN2. The molecule has 0 radical (unpaired) electrons. The minimum absolute atomic E-state index is 0.125. The lowest BCUT2D eigenvalue weighted by molar-refractivity contribution is 0.547. The molecule has 0 amide bonds. The van der Waals surface area contributed by atoms with Gasteiger partial charge in [-0.05, 0) is 37.5 Å². The Hall–Kier alpha value is -0.610. The normalized spacial score (nSPS) is 24.4. The van der Waals surface area contributed by atoms with Crippen molar-refractivity contribution in [2.24, 2.45) is 0 Å². The van der Waals surface area contributed by atoms with Crippen LogP contribution in [0.1, 0.15) is 19.3 Å².